The van der Waals surface area contributed by atoms with E-state index in [4.69, 9.17) is 0 Å². The zero-order valence-electron chi connectivity index (χ0n) is 12.3. The number of rotatable bonds is 1. The van der Waals surface area contributed by atoms with Crippen LogP contribution >= 0.6 is 0 Å². The van der Waals surface area contributed by atoms with E-state index in [0.29, 0.717) is 11.4 Å². The van der Waals surface area contributed by atoms with Gasteiger partial charge >= 0.3 is 0 Å². The predicted octanol–water partition coefficient (Wildman–Crippen LogP) is 2.20. The van der Waals surface area contributed by atoms with Crippen molar-refractivity contribution >= 4 is 17.5 Å². The molecule has 1 N–H and O–H groups in total. The number of nitrogens with zero attached hydrogens (tertiary/aromatic N) is 2. The fourth-order valence-corrected chi connectivity index (χ4v) is 2.46. The Labute approximate surface area is 128 Å². The predicted molar refractivity (Wildman–Crippen MR) is 83.2 cm³/mol. The number of aliphatic imine (C=N–C) groups is 1. The lowest BCUT2D eigenvalue weighted by Gasteiger charge is -2.28. The van der Waals surface area contributed by atoms with E-state index >= 15 is 0 Å². The van der Waals surface area contributed by atoms with E-state index in [2.05, 4.69) is 15.3 Å². The summed E-state index contributed by atoms with van der Waals surface area (Å²) in [6.45, 7) is 3.75. The molecule has 1 aromatic rings. The Kier molecular flexibility index (Phi) is 3.55. The fraction of sp³-hybridized carbons (Fsp3) is 0.176. The monoisotopic (exact) mass is 293 g/mol. The Morgan fingerprint density at radius 3 is 2.86 bits per heavy atom. The number of hydrogen-bond acceptors (Lipinski definition) is 3. The van der Waals surface area contributed by atoms with Gasteiger partial charge in [0.05, 0.1) is 5.71 Å². The van der Waals surface area contributed by atoms with E-state index in [0.717, 1.165) is 16.8 Å². The number of pyridine rings is 1. The molecule has 1 aliphatic heterocycles. The maximum absolute atomic E-state index is 12.0. The molecule has 3 rings (SSSR count). The standard InChI is InChI=1S/C17H15N3O2/c1-10-11(2)16(21)20-15-9-12(6-7-13(10)15)19-17(22)14-5-3-4-8-18-14/h3-9,13H,1-2H3,(H,20,21). The summed E-state index contributed by atoms with van der Waals surface area (Å²) in [6.07, 6.45) is 7.03. The van der Waals surface area contributed by atoms with Crippen molar-refractivity contribution < 1.29 is 9.59 Å². The molecule has 0 spiro atoms. The molecule has 22 heavy (non-hydrogen) atoms. The molecule has 2 aliphatic rings. The number of carbonyl (C=O) groups excluding carboxylic acids is 2. The second-order valence-electron chi connectivity index (χ2n) is 5.26. The summed E-state index contributed by atoms with van der Waals surface area (Å²) < 4.78 is 0. The van der Waals surface area contributed by atoms with Crippen LogP contribution in [-0.4, -0.2) is 22.5 Å². The number of allylic oxidation sites excluding steroid dienone is 3. The zero-order chi connectivity index (χ0) is 15.7. The van der Waals surface area contributed by atoms with Crippen molar-refractivity contribution in [3.8, 4) is 0 Å². The van der Waals surface area contributed by atoms with E-state index in [9.17, 15) is 9.59 Å². The third-order valence-corrected chi connectivity index (χ3v) is 3.87. The summed E-state index contributed by atoms with van der Waals surface area (Å²) in [5, 5.41) is 2.85. The minimum atomic E-state index is -0.402. The SMILES string of the molecule is CC1=C(C)C2C=CC(=NC(=O)c3ccccn3)C=C2NC1=O. The highest BCUT2D eigenvalue weighted by atomic mass is 16.2. The molecule has 1 unspecified atom stereocenters. The molecule has 0 saturated carbocycles. The van der Waals surface area contributed by atoms with E-state index in [-0.39, 0.29) is 11.8 Å². The first kappa shape index (κ1) is 14.1. The van der Waals surface area contributed by atoms with Gasteiger partial charge in [0, 0.05) is 23.4 Å². The molecule has 110 valence electrons. The molecule has 0 fully saturated rings. The van der Waals surface area contributed by atoms with Crippen LogP contribution in [0.5, 0.6) is 0 Å². The lowest BCUT2D eigenvalue weighted by molar-refractivity contribution is -0.117. The summed E-state index contributed by atoms with van der Waals surface area (Å²) in [7, 11) is 0. The van der Waals surface area contributed by atoms with Crippen LogP contribution in [0.15, 0.2) is 64.5 Å². The maximum Gasteiger partial charge on any atom is 0.296 e. The number of aromatic nitrogens is 1. The van der Waals surface area contributed by atoms with Crippen molar-refractivity contribution in [3.05, 3.63) is 65.2 Å². The van der Waals surface area contributed by atoms with E-state index in [1.165, 1.54) is 0 Å². The molecule has 1 aromatic heterocycles. The van der Waals surface area contributed by atoms with Gasteiger partial charge in [-0.3, -0.25) is 14.6 Å². The maximum atomic E-state index is 12.0. The smallest absolute Gasteiger partial charge is 0.296 e. The van der Waals surface area contributed by atoms with Crippen molar-refractivity contribution in [2.75, 3.05) is 0 Å². The number of fused-ring (bicyclic) bond motifs is 1. The fourth-order valence-electron chi connectivity index (χ4n) is 2.46. The van der Waals surface area contributed by atoms with Crippen LogP contribution in [0.1, 0.15) is 24.3 Å². The van der Waals surface area contributed by atoms with Gasteiger partial charge in [-0.2, -0.15) is 0 Å². The molecule has 0 saturated heterocycles. The first-order valence-electron chi connectivity index (χ1n) is 6.99. The van der Waals surface area contributed by atoms with Crippen LogP contribution in [0.4, 0.5) is 0 Å². The van der Waals surface area contributed by atoms with Gasteiger partial charge in [-0.15, -0.1) is 0 Å². The highest BCUT2D eigenvalue weighted by molar-refractivity contribution is 6.13. The molecule has 2 heterocycles. The molecule has 5 heteroatoms. The van der Waals surface area contributed by atoms with Crippen LogP contribution in [0.25, 0.3) is 0 Å². The highest BCUT2D eigenvalue weighted by Gasteiger charge is 2.27. The van der Waals surface area contributed by atoms with E-state index < -0.39 is 5.91 Å². The van der Waals surface area contributed by atoms with Gasteiger partial charge < -0.3 is 5.32 Å². The van der Waals surface area contributed by atoms with Crippen LogP contribution in [-0.2, 0) is 4.79 Å². The second-order valence-corrected chi connectivity index (χ2v) is 5.26. The number of amides is 2. The molecule has 0 radical (unpaired) electrons. The zero-order valence-corrected chi connectivity index (χ0v) is 12.3. The normalized spacial score (nSPS) is 22.3. The minimum absolute atomic E-state index is 0.0432. The number of hydrogen-bond donors (Lipinski definition) is 1. The van der Waals surface area contributed by atoms with Gasteiger partial charge in [0.25, 0.3) is 11.8 Å². The van der Waals surface area contributed by atoms with Gasteiger partial charge in [-0.25, -0.2) is 4.99 Å². The number of carbonyl (C=O) groups is 2. The van der Waals surface area contributed by atoms with Crippen molar-refractivity contribution in [1.29, 1.82) is 0 Å². The molecule has 2 amide bonds. The molecule has 1 atom stereocenters. The molecular weight excluding hydrogens is 278 g/mol. The van der Waals surface area contributed by atoms with Crippen LogP contribution < -0.4 is 5.32 Å². The van der Waals surface area contributed by atoms with Gasteiger partial charge in [0.15, 0.2) is 0 Å². The van der Waals surface area contributed by atoms with Crippen molar-refractivity contribution in [3.63, 3.8) is 0 Å². The molecular formula is C17H15N3O2. The third-order valence-electron chi connectivity index (χ3n) is 3.87. The van der Waals surface area contributed by atoms with Gasteiger partial charge in [0.1, 0.15) is 5.69 Å². The van der Waals surface area contributed by atoms with E-state index in [1.54, 1.807) is 36.5 Å². The molecule has 5 nitrogen and oxygen atoms in total. The van der Waals surface area contributed by atoms with Gasteiger partial charge in [-0.1, -0.05) is 17.7 Å². The van der Waals surface area contributed by atoms with Crippen LogP contribution in [0.2, 0.25) is 0 Å². The molecule has 0 bridgehead atoms. The minimum Gasteiger partial charge on any atom is -0.325 e. The average molecular weight is 293 g/mol. The Hall–Kier alpha value is -2.82. The summed E-state index contributed by atoms with van der Waals surface area (Å²) in [6, 6.07) is 5.10. The Balaban J connectivity index is 1.90. The Bertz CT molecular complexity index is 770. The Morgan fingerprint density at radius 2 is 2.14 bits per heavy atom. The van der Waals surface area contributed by atoms with Crippen LogP contribution in [0.3, 0.4) is 0 Å². The van der Waals surface area contributed by atoms with Crippen LogP contribution in [0, 0.1) is 5.92 Å². The summed E-state index contributed by atoms with van der Waals surface area (Å²) in [4.78, 5) is 31.9. The Morgan fingerprint density at radius 1 is 1.32 bits per heavy atom. The number of nitrogens with one attached hydrogen (secondary N) is 1. The van der Waals surface area contributed by atoms with E-state index in [1.807, 2.05) is 19.9 Å². The third kappa shape index (κ3) is 2.53. The van der Waals surface area contributed by atoms with Crippen molar-refractivity contribution in [2.24, 2.45) is 10.9 Å². The van der Waals surface area contributed by atoms with Crippen molar-refractivity contribution in [2.45, 2.75) is 13.8 Å². The molecule has 0 aromatic carbocycles. The van der Waals surface area contributed by atoms with Crippen molar-refractivity contribution in [1.82, 2.24) is 10.3 Å². The topological polar surface area (TPSA) is 71.4 Å². The average Bonchev–Trinajstić information content (AvgIpc) is 2.53. The molecule has 1 aliphatic carbocycles. The summed E-state index contributed by atoms with van der Waals surface area (Å²) in [5.41, 5.74) is 3.30. The highest BCUT2D eigenvalue weighted by Crippen LogP contribution is 2.29. The quantitative estimate of drug-likeness (QED) is 0.862. The second kappa shape index (κ2) is 5.52. The summed E-state index contributed by atoms with van der Waals surface area (Å²) in [5.74, 6) is -0.464. The lowest BCUT2D eigenvalue weighted by atomic mass is 9.85. The lowest BCUT2D eigenvalue weighted by Crippen LogP contribution is -2.35. The first-order valence-corrected chi connectivity index (χ1v) is 6.99. The summed E-state index contributed by atoms with van der Waals surface area (Å²) >= 11 is 0. The van der Waals surface area contributed by atoms with Gasteiger partial charge in [-0.05, 0) is 38.1 Å². The largest absolute Gasteiger partial charge is 0.325 e. The first-order chi connectivity index (χ1) is 10.6. The van der Waals surface area contributed by atoms with Gasteiger partial charge in [0.2, 0.25) is 0 Å².